The van der Waals surface area contributed by atoms with E-state index in [1.807, 2.05) is 0 Å². The number of sulfone groups is 1. The highest BCUT2D eigenvalue weighted by molar-refractivity contribution is 7.92. The number of carbonyl (C=O) groups is 1. The first-order valence-electron chi connectivity index (χ1n) is 6.07. The van der Waals surface area contributed by atoms with E-state index in [1.54, 1.807) is 0 Å². The Kier molecular flexibility index (Phi) is 3.88. The molecule has 0 saturated carbocycles. The maximum Gasteiger partial charge on any atom is 0.316 e. The normalized spacial score (nSPS) is 28.8. The molecular weight excluding hydrogens is 242 g/mol. The number of nitrogens with one attached hydrogen (secondary N) is 3. The average Bonchev–Trinajstić information content (AvgIpc) is 2.59. The lowest BCUT2D eigenvalue weighted by Gasteiger charge is -2.24. The highest BCUT2D eigenvalue weighted by atomic mass is 32.2. The van der Waals surface area contributed by atoms with Crippen molar-refractivity contribution in [3.63, 3.8) is 0 Å². The fourth-order valence-electron chi connectivity index (χ4n) is 2.29. The van der Waals surface area contributed by atoms with Gasteiger partial charge in [-0.3, -0.25) is 0 Å². The van der Waals surface area contributed by atoms with Gasteiger partial charge in [-0.1, -0.05) is 0 Å². The van der Waals surface area contributed by atoms with Gasteiger partial charge in [-0.05, 0) is 38.8 Å². The van der Waals surface area contributed by atoms with E-state index in [0.29, 0.717) is 12.8 Å². The molecule has 2 aliphatic rings. The Morgan fingerprint density at radius 2 is 1.82 bits per heavy atom. The van der Waals surface area contributed by atoms with Crippen molar-refractivity contribution in [3.8, 4) is 0 Å². The van der Waals surface area contributed by atoms with Gasteiger partial charge in [0.25, 0.3) is 0 Å². The minimum Gasteiger partial charge on any atom is -0.335 e. The molecular formula is C10H19N3O3S. The van der Waals surface area contributed by atoms with Crippen LogP contribution in [0, 0.1) is 0 Å². The van der Waals surface area contributed by atoms with Crippen LogP contribution in [0.5, 0.6) is 0 Å². The van der Waals surface area contributed by atoms with Crippen molar-refractivity contribution in [2.75, 3.05) is 18.8 Å². The number of amides is 2. The third-order valence-electron chi connectivity index (χ3n) is 3.30. The quantitative estimate of drug-likeness (QED) is 0.629. The minimum absolute atomic E-state index is 0.153. The Labute approximate surface area is 101 Å². The molecule has 3 N–H and O–H groups in total. The van der Waals surface area contributed by atoms with Crippen LogP contribution < -0.4 is 16.0 Å². The van der Waals surface area contributed by atoms with Crippen molar-refractivity contribution < 1.29 is 13.2 Å². The van der Waals surface area contributed by atoms with Crippen LogP contribution in [-0.4, -0.2) is 44.7 Å². The van der Waals surface area contributed by atoms with E-state index < -0.39 is 15.2 Å². The number of rotatable bonds is 2. The SMILES string of the molecule is O=C(NC1CCNCC1)NC1CCCS1(=O)=O. The summed E-state index contributed by atoms with van der Waals surface area (Å²) in [7, 11) is -3.11. The summed E-state index contributed by atoms with van der Waals surface area (Å²) in [6.45, 7) is 1.79. The first-order valence-corrected chi connectivity index (χ1v) is 7.79. The molecule has 2 saturated heterocycles. The molecule has 2 aliphatic heterocycles. The average molecular weight is 261 g/mol. The number of hydrogen-bond acceptors (Lipinski definition) is 4. The van der Waals surface area contributed by atoms with Crippen LogP contribution in [0.3, 0.4) is 0 Å². The Morgan fingerprint density at radius 3 is 2.41 bits per heavy atom. The van der Waals surface area contributed by atoms with Crippen molar-refractivity contribution in [1.29, 1.82) is 0 Å². The lowest BCUT2D eigenvalue weighted by Crippen LogP contribution is -2.50. The van der Waals surface area contributed by atoms with E-state index in [2.05, 4.69) is 16.0 Å². The lowest BCUT2D eigenvalue weighted by atomic mass is 10.1. The van der Waals surface area contributed by atoms with E-state index in [4.69, 9.17) is 0 Å². The zero-order valence-corrected chi connectivity index (χ0v) is 10.6. The number of urea groups is 1. The smallest absolute Gasteiger partial charge is 0.316 e. The fourth-order valence-corrected chi connectivity index (χ4v) is 3.96. The largest absolute Gasteiger partial charge is 0.335 e. The second kappa shape index (κ2) is 5.22. The molecule has 0 spiro atoms. The molecule has 6 nitrogen and oxygen atoms in total. The van der Waals surface area contributed by atoms with Crippen LogP contribution in [0.15, 0.2) is 0 Å². The third kappa shape index (κ3) is 3.32. The number of carbonyl (C=O) groups excluding carboxylic acids is 1. The molecule has 0 aliphatic carbocycles. The summed E-state index contributed by atoms with van der Waals surface area (Å²) in [4.78, 5) is 11.6. The van der Waals surface area contributed by atoms with Gasteiger partial charge in [-0.25, -0.2) is 13.2 Å². The Hall–Kier alpha value is -0.820. The molecule has 98 valence electrons. The molecule has 17 heavy (non-hydrogen) atoms. The molecule has 0 bridgehead atoms. The molecule has 2 fully saturated rings. The molecule has 2 amide bonds. The maximum atomic E-state index is 11.6. The molecule has 0 aromatic carbocycles. The van der Waals surface area contributed by atoms with Crippen molar-refractivity contribution >= 4 is 15.9 Å². The van der Waals surface area contributed by atoms with Crippen LogP contribution in [0.25, 0.3) is 0 Å². The van der Waals surface area contributed by atoms with Crippen LogP contribution in [-0.2, 0) is 9.84 Å². The fraction of sp³-hybridized carbons (Fsp3) is 0.900. The first kappa shape index (κ1) is 12.6. The lowest BCUT2D eigenvalue weighted by molar-refractivity contribution is 0.232. The van der Waals surface area contributed by atoms with Crippen LogP contribution >= 0.6 is 0 Å². The molecule has 2 heterocycles. The predicted octanol–water partition coefficient (Wildman–Crippen LogP) is -0.428. The zero-order chi connectivity index (χ0) is 12.3. The summed E-state index contributed by atoms with van der Waals surface area (Å²) >= 11 is 0. The molecule has 0 aromatic rings. The van der Waals surface area contributed by atoms with Crippen LogP contribution in [0.2, 0.25) is 0 Å². The van der Waals surface area contributed by atoms with E-state index in [-0.39, 0.29) is 17.8 Å². The van der Waals surface area contributed by atoms with E-state index in [0.717, 1.165) is 25.9 Å². The van der Waals surface area contributed by atoms with E-state index in [1.165, 1.54) is 0 Å². The predicted molar refractivity (Wildman–Crippen MR) is 64.4 cm³/mol. The van der Waals surface area contributed by atoms with Crippen molar-refractivity contribution in [3.05, 3.63) is 0 Å². The monoisotopic (exact) mass is 261 g/mol. The second-order valence-electron chi connectivity index (χ2n) is 4.64. The zero-order valence-electron chi connectivity index (χ0n) is 9.74. The van der Waals surface area contributed by atoms with Crippen LogP contribution in [0.4, 0.5) is 4.79 Å². The Balaban J connectivity index is 1.80. The van der Waals surface area contributed by atoms with Gasteiger partial charge >= 0.3 is 6.03 Å². The highest BCUT2D eigenvalue weighted by Gasteiger charge is 2.32. The summed E-state index contributed by atoms with van der Waals surface area (Å²) in [5.74, 6) is 0.186. The summed E-state index contributed by atoms with van der Waals surface area (Å²) in [5.41, 5.74) is 0. The van der Waals surface area contributed by atoms with Gasteiger partial charge in [0, 0.05) is 6.04 Å². The molecule has 2 rings (SSSR count). The van der Waals surface area contributed by atoms with Gasteiger partial charge in [0.2, 0.25) is 0 Å². The second-order valence-corrected chi connectivity index (χ2v) is 6.94. The van der Waals surface area contributed by atoms with Crippen molar-refractivity contribution in [2.24, 2.45) is 0 Å². The minimum atomic E-state index is -3.11. The maximum absolute atomic E-state index is 11.6. The van der Waals surface area contributed by atoms with Crippen molar-refractivity contribution in [2.45, 2.75) is 37.1 Å². The van der Waals surface area contributed by atoms with Crippen molar-refractivity contribution in [1.82, 2.24) is 16.0 Å². The Bertz CT molecular complexity index is 376. The van der Waals surface area contributed by atoms with Gasteiger partial charge in [0.05, 0.1) is 5.75 Å². The van der Waals surface area contributed by atoms with Gasteiger partial charge in [0.1, 0.15) is 5.37 Å². The highest BCUT2D eigenvalue weighted by Crippen LogP contribution is 2.17. The van der Waals surface area contributed by atoms with Crippen LogP contribution in [0.1, 0.15) is 25.7 Å². The summed E-state index contributed by atoms with van der Waals surface area (Å²) < 4.78 is 23.1. The molecule has 0 aromatic heterocycles. The first-order chi connectivity index (χ1) is 8.08. The standard InChI is InChI=1S/C10H19N3O3S/c14-10(12-8-3-5-11-6-4-8)13-9-2-1-7-17(9,15)16/h8-9,11H,1-7H2,(H2,12,13,14). The van der Waals surface area contributed by atoms with Gasteiger partial charge in [-0.15, -0.1) is 0 Å². The third-order valence-corrected chi connectivity index (χ3v) is 5.37. The van der Waals surface area contributed by atoms with Gasteiger partial charge < -0.3 is 16.0 Å². The Morgan fingerprint density at radius 1 is 1.12 bits per heavy atom. The number of hydrogen-bond donors (Lipinski definition) is 3. The van der Waals surface area contributed by atoms with E-state index >= 15 is 0 Å². The molecule has 0 radical (unpaired) electrons. The summed E-state index contributed by atoms with van der Waals surface area (Å²) in [6.07, 6.45) is 2.96. The summed E-state index contributed by atoms with van der Waals surface area (Å²) in [6, 6.07) is -0.201. The molecule has 7 heteroatoms. The summed E-state index contributed by atoms with van der Waals surface area (Å²) in [5, 5.41) is 7.90. The van der Waals surface area contributed by atoms with Gasteiger partial charge in [0.15, 0.2) is 9.84 Å². The van der Waals surface area contributed by atoms with E-state index in [9.17, 15) is 13.2 Å². The topological polar surface area (TPSA) is 87.3 Å². The number of piperidine rings is 1. The molecule has 1 atom stereocenters. The van der Waals surface area contributed by atoms with Gasteiger partial charge in [-0.2, -0.15) is 0 Å². The molecule has 1 unspecified atom stereocenters.